The maximum absolute atomic E-state index is 13.4. The Kier molecular flexibility index (Phi) is 11.7. The van der Waals surface area contributed by atoms with E-state index in [2.05, 4.69) is 28.1 Å². The minimum absolute atomic E-state index is 0. The average Bonchev–Trinajstić information content (AvgIpc) is 3.75. The second kappa shape index (κ2) is 17.0. The SMILES string of the molecule is CCOC(=O)c1[nH]c2c(-c3c(COc4ccc(N5CCN(C(=O)OC(C)(C)C)CC5)cc4)nn(C)c3CO)cccc2c1CCCOc1cccc2ccccc12.[HH]. The fourth-order valence-corrected chi connectivity index (χ4v) is 7.46. The maximum atomic E-state index is 13.4. The van der Waals surface area contributed by atoms with Gasteiger partial charge in [0.1, 0.15) is 35.1 Å². The maximum Gasteiger partial charge on any atom is 0.410 e. The minimum atomic E-state index is -0.526. The van der Waals surface area contributed by atoms with Gasteiger partial charge in [-0.25, -0.2) is 9.59 Å². The zero-order valence-corrected chi connectivity index (χ0v) is 33.3. The van der Waals surface area contributed by atoms with Crippen molar-refractivity contribution in [1.82, 2.24) is 19.7 Å². The number of aromatic nitrogens is 3. The van der Waals surface area contributed by atoms with E-state index in [0.29, 0.717) is 68.5 Å². The zero-order valence-electron chi connectivity index (χ0n) is 33.3. The summed E-state index contributed by atoms with van der Waals surface area (Å²) in [5, 5.41) is 18.4. The molecular formula is C45H53N5O7. The molecule has 1 aliphatic heterocycles. The summed E-state index contributed by atoms with van der Waals surface area (Å²) in [6.45, 7) is 10.6. The molecule has 7 rings (SSSR count). The quantitative estimate of drug-likeness (QED) is 0.0879. The van der Waals surface area contributed by atoms with Gasteiger partial charge in [-0.2, -0.15) is 5.10 Å². The Morgan fingerprint density at radius 3 is 2.35 bits per heavy atom. The molecule has 57 heavy (non-hydrogen) atoms. The molecule has 12 nitrogen and oxygen atoms in total. The van der Waals surface area contributed by atoms with E-state index in [1.165, 1.54) is 0 Å². The number of ether oxygens (including phenoxy) is 4. The Morgan fingerprint density at radius 2 is 1.61 bits per heavy atom. The van der Waals surface area contributed by atoms with Gasteiger partial charge < -0.3 is 38.8 Å². The standard InChI is InChI=1S/C45H51N5O7.H2/c1-6-54-43(52)42-35(17-11-27-55-39-18-9-13-30-12-7-8-14-33(30)39)34-15-10-16-36(41(34)46-42)40-37(47-48(5)38(40)28-51)29-56-32-21-19-31(20-22-32)49-23-25-50(26-24-49)44(53)57-45(2,3)4;/h7-10,12-16,18-22,46,51H,6,11,17,23-29H2,1-5H3;1H. The molecule has 300 valence electrons. The lowest BCUT2D eigenvalue weighted by Crippen LogP contribution is -2.50. The van der Waals surface area contributed by atoms with E-state index >= 15 is 0 Å². The molecule has 1 saturated heterocycles. The number of para-hydroxylation sites is 1. The van der Waals surface area contributed by atoms with Crippen LogP contribution in [0.15, 0.2) is 84.9 Å². The first-order chi connectivity index (χ1) is 27.5. The van der Waals surface area contributed by atoms with Crippen molar-refractivity contribution in [3.05, 3.63) is 108 Å². The summed E-state index contributed by atoms with van der Waals surface area (Å²) in [7, 11) is 1.80. The minimum Gasteiger partial charge on any atom is -0.493 e. The normalized spacial score (nSPS) is 13.3. The molecule has 0 unspecified atom stereocenters. The highest BCUT2D eigenvalue weighted by Gasteiger charge is 2.27. The summed E-state index contributed by atoms with van der Waals surface area (Å²) in [6.07, 6.45) is 0.963. The zero-order chi connectivity index (χ0) is 40.1. The molecule has 4 aromatic carbocycles. The molecular weight excluding hydrogens is 723 g/mol. The number of esters is 1. The van der Waals surface area contributed by atoms with Crippen LogP contribution in [0.5, 0.6) is 11.5 Å². The van der Waals surface area contributed by atoms with Crippen molar-refractivity contribution in [2.75, 3.05) is 44.3 Å². The number of anilines is 1. The first kappa shape index (κ1) is 39.2. The topological polar surface area (TPSA) is 131 Å². The number of nitrogens with zero attached hydrogens (tertiary/aromatic N) is 4. The third kappa shape index (κ3) is 8.71. The fourth-order valence-electron chi connectivity index (χ4n) is 7.46. The monoisotopic (exact) mass is 775 g/mol. The number of aryl methyl sites for hydroxylation is 2. The van der Waals surface area contributed by atoms with Gasteiger partial charge >= 0.3 is 12.1 Å². The second-order valence-electron chi connectivity index (χ2n) is 15.1. The molecule has 1 fully saturated rings. The number of amides is 1. The smallest absolute Gasteiger partial charge is 0.410 e. The first-order valence-electron chi connectivity index (χ1n) is 19.6. The number of piperazine rings is 1. The molecule has 0 spiro atoms. The number of aromatic amines is 1. The lowest BCUT2D eigenvalue weighted by atomic mass is 9.98. The van der Waals surface area contributed by atoms with E-state index in [9.17, 15) is 14.7 Å². The predicted octanol–water partition coefficient (Wildman–Crippen LogP) is 8.28. The van der Waals surface area contributed by atoms with E-state index in [4.69, 9.17) is 24.0 Å². The summed E-state index contributed by atoms with van der Waals surface area (Å²) in [5.41, 5.74) is 5.34. The number of aliphatic hydroxyl groups is 1. The van der Waals surface area contributed by atoms with Crippen LogP contribution in [-0.2, 0) is 36.2 Å². The Balaban J connectivity index is 0.00000567. The van der Waals surface area contributed by atoms with Crippen LogP contribution in [-0.4, -0.2) is 81.8 Å². The van der Waals surface area contributed by atoms with Gasteiger partial charge in [0.25, 0.3) is 0 Å². The fraction of sp³-hybridized carbons (Fsp3) is 0.356. The number of H-pyrrole nitrogens is 1. The third-order valence-electron chi connectivity index (χ3n) is 10.2. The number of fused-ring (bicyclic) bond motifs is 2. The van der Waals surface area contributed by atoms with Crippen molar-refractivity contribution in [3.63, 3.8) is 0 Å². The summed E-state index contributed by atoms with van der Waals surface area (Å²) in [6, 6.07) is 28.0. The summed E-state index contributed by atoms with van der Waals surface area (Å²) >= 11 is 0. The van der Waals surface area contributed by atoms with Gasteiger partial charge in [-0.05, 0) is 81.8 Å². The molecule has 12 heteroatoms. The molecule has 3 heterocycles. The Morgan fingerprint density at radius 1 is 0.895 bits per heavy atom. The number of benzene rings is 4. The second-order valence-corrected chi connectivity index (χ2v) is 15.1. The highest BCUT2D eigenvalue weighted by Crippen LogP contribution is 2.37. The highest BCUT2D eigenvalue weighted by atomic mass is 16.6. The van der Waals surface area contributed by atoms with Gasteiger partial charge in [0.15, 0.2) is 0 Å². The number of carbonyl (C=O) groups excluding carboxylic acids is 2. The van der Waals surface area contributed by atoms with E-state index in [1.54, 1.807) is 23.6 Å². The summed E-state index contributed by atoms with van der Waals surface area (Å²) in [5.74, 6) is 1.08. The average molecular weight is 776 g/mol. The van der Waals surface area contributed by atoms with Gasteiger partial charge in [-0.3, -0.25) is 4.68 Å². The van der Waals surface area contributed by atoms with Crippen molar-refractivity contribution in [2.24, 2.45) is 7.05 Å². The van der Waals surface area contributed by atoms with Gasteiger partial charge in [-0.15, -0.1) is 0 Å². The Bertz CT molecular complexity index is 2350. The van der Waals surface area contributed by atoms with Crippen LogP contribution in [0.4, 0.5) is 10.5 Å². The predicted molar refractivity (Wildman–Crippen MR) is 223 cm³/mol. The number of carbonyl (C=O) groups is 2. The van der Waals surface area contributed by atoms with E-state index in [0.717, 1.165) is 49.8 Å². The van der Waals surface area contributed by atoms with Crippen molar-refractivity contribution in [3.8, 4) is 22.6 Å². The molecule has 0 radical (unpaired) electrons. The number of rotatable bonds is 13. The van der Waals surface area contributed by atoms with E-state index in [-0.39, 0.29) is 27.3 Å². The van der Waals surface area contributed by atoms with Crippen LogP contribution < -0.4 is 14.4 Å². The molecule has 2 N–H and O–H groups in total. The largest absolute Gasteiger partial charge is 0.493 e. The van der Waals surface area contributed by atoms with Crippen LogP contribution in [0, 0.1) is 0 Å². The van der Waals surface area contributed by atoms with Crippen molar-refractivity contribution < 1.29 is 35.1 Å². The number of nitrogens with one attached hydrogen (secondary N) is 1. The molecule has 2 aromatic heterocycles. The van der Waals surface area contributed by atoms with Gasteiger partial charge in [-0.1, -0.05) is 54.6 Å². The number of aliphatic hydroxyl groups excluding tert-OH is 1. The summed E-state index contributed by atoms with van der Waals surface area (Å²) < 4.78 is 25.3. The van der Waals surface area contributed by atoms with Crippen molar-refractivity contribution in [1.29, 1.82) is 0 Å². The molecule has 1 amide bonds. The summed E-state index contributed by atoms with van der Waals surface area (Å²) in [4.78, 5) is 33.3. The van der Waals surface area contributed by atoms with Crippen LogP contribution >= 0.6 is 0 Å². The van der Waals surface area contributed by atoms with Gasteiger partial charge in [0, 0.05) is 62.2 Å². The van der Waals surface area contributed by atoms with Crippen LogP contribution in [0.2, 0.25) is 0 Å². The van der Waals surface area contributed by atoms with E-state index in [1.807, 2.05) is 87.5 Å². The molecule has 0 atom stereocenters. The number of hydrogen-bond donors (Lipinski definition) is 2. The molecule has 0 bridgehead atoms. The Hall–Kier alpha value is -6.01. The lowest BCUT2D eigenvalue weighted by molar-refractivity contribution is 0.0240. The van der Waals surface area contributed by atoms with Crippen LogP contribution in [0.1, 0.15) is 63.0 Å². The van der Waals surface area contributed by atoms with Crippen LogP contribution in [0.25, 0.3) is 32.8 Å². The third-order valence-corrected chi connectivity index (χ3v) is 10.2. The molecule has 0 saturated carbocycles. The van der Waals surface area contributed by atoms with E-state index < -0.39 is 11.6 Å². The Labute approximate surface area is 334 Å². The number of hydrogen-bond acceptors (Lipinski definition) is 9. The molecule has 6 aromatic rings. The van der Waals surface area contributed by atoms with Gasteiger partial charge in [0.2, 0.25) is 0 Å². The highest BCUT2D eigenvalue weighted by molar-refractivity contribution is 6.04. The van der Waals surface area contributed by atoms with Crippen molar-refractivity contribution >= 4 is 39.4 Å². The van der Waals surface area contributed by atoms with Gasteiger partial charge in [0.05, 0.1) is 31.0 Å². The lowest BCUT2D eigenvalue weighted by Gasteiger charge is -2.36. The van der Waals surface area contributed by atoms with Crippen LogP contribution in [0.3, 0.4) is 0 Å². The van der Waals surface area contributed by atoms with Crippen molar-refractivity contribution in [2.45, 2.75) is 59.4 Å². The molecule has 1 aliphatic rings. The molecule has 0 aliphatic carbocycles. The first-order valence-corrected chi connectivity index (χ1v) is 19.6.